The number of aromatic amines is 10. The second-order valence-electron chi connectivity index (χ2n) is 17.3. The standard InChI is InChI=1S/C12H13N5O3S.2C12H11N5O2S.C11H10N2O4.CH4/c1-4-3-6-8(15-11(20)10(19)14-6)7(5(4)2)9(18)16-17-12(13)21;1-4-3-6-8(15-10(19)9(18)14-6)7(5(4)2)11-16-17-12(13)20-11;1-4-3-6-8(14-11(19)10(18)13-6)7(5(4)2)9-15-12(20)17-16-9;1-4-3-6-8(7(5(4)2)11(16)17)13-10(15)9(14)12-6;/h3H,1-2H3,(H,14,19)(H,15,20)(H,16,18)(H3,13,17,21);3H,1-2H3,(H2,13,17)(H,14,18)(H,15,19);3H,1-2H3,(H,13,18)(H,14,19)(H2,15,16,17,20);3H,1-2H3,(H,12,14)(H,13,15)(H,16,17);1H4. The normalized spacial score (nSPS) is 10.7. The number of carboxylic acids is 1. The molecule has 0 atom stereocenters. The molecule has 4 aromatic carbocycles. The number of H-pyrrole nitrogens is 10. The van der Waals surface area contributed by atoms with Crippen LogP contribution in [-0.2, 0) is 0 Å². The Morgan fingerprint density at radius 2 is 0.899 bits per heavy atom. The molecule has 0 spiro atoms. The molecular weight excluding hydrogens is 1090 g/mol. The van der Waals surface area contributed by atoms with E-state index in [1.165, 1.54) is 11.3 Å². The van der Waals surface area contributed by atoms with Gasteiger partial charge in [0.25, 0.3) is 5.91 Å². The summed E-state index contributed by atoms with van der Waals surface area (Å²) in [5.41, 5.74) is 21.0. The second-order valence-corrected chi connectivity index (χ2v) is 19.1. The number of hydrogen-bond acceptors (Lipinski definition) is 17. The fourth-order valence-electron chi connectivity index (χ4n) is 8.00. The molecule has 0 aliphatic heterocycles. The van der Waals surface area contributed by atoms with E-state index in [2.05, 4.69) is 88.3 Å². The Hall–Kier alpha value is -10.0. The van der Waals surface area contributed by atoms with Gasteiger partial charge in [0.2, 0.25) is 9.90 Å². The average molecular weight is 1140 g/mol. The highest BCUT2D eigenvalue weighted by molar-refractivity contribution is 7.80. The molecule has 6 heterocycles. The third kappa shape index (κ3) is 12.0. The minimum Gasteiger partial charge on any atom is -0.478 e. The number of hydrazine groups is 1. The molecule has 410 valence electrons. The third-order valence-electron chi connectivity index (χ3n) is 12.3. The number of nitrogens with one attached hydrogen (secondary N) is 12. The number of anilines is 1. The van der Waals surface area contributed by atoms with E-state index in [1.807, 2.05) is 39.8 Å². The molecule has 28 nitrogen and oxygen atoms in total. The number of aromatic carboxylic acids is 1. The smallest absolute Gasteiger partial charge is 0.338 e. The maximum atomic E-state index is 12.2. The van der Waals surface area contributed by atoms with Crippen molar-refractivity contribution in [2.45, 2.75) is 62.8 Å². The predicted octanol–water partition coefficient (Wildman–Crippen LogP) is 2.69. The number of nitrogen functional groups attached to an aromatic ring is 1. The number of fused-ring (bicyclic) bond motifs is 4. The van der Waals surface area contributed by atoms with Gasteiger partial charge in [-0.2, -0.15) is 4.98 Å². The Morgan fingerprint density at radius 3 is 1.29 bits per heavy atom. The van der Waals surface area contributed by atoms with Gasteiger partial charge in [0.1, 0.15) is 0 Å². The molecule has 10 rings (SSSR count). The first-order valence-corrected chi connectivity index (χ1v) is 24.2. The van der Waals surface area contributed by atoms with Crippen LogP contribution >= 0.6 is 35.8 Å². The zero-order valence-electron chi connectivity index (χ0n) is 42.1. The lowest BCUT2D eigenvalue weighted by Crippen LogP contribution is -2.44. The first kappa shape index (κ1) is 58.3. The lowest BCUT2D eigenvalue weighted by atomic mass is 10.0. The van der Waals surface area contributed by atoms with Crippen molar-refractivity contribution in [3.8, 4) is 22.0 Å². The molecule has 17 N–H and O–H groups in total. The van der Waals surface area contributed by atoms with Gasteiger partial charge in [-0.25, -0.2) is 4.79 Å². The van der Waals surface area contributed by atoms with Crippen LogP contribution in [0.15, 0.2) is 62.6 Å². The molecule has 0 unspecified atom stereocenters. The largest absolute Gasteiger partial charge is 0.478 e. The lowest BCUT2D eigenvalue weighted by Gasteiger charge is -2.13. The Balaban J connectivity index is 0.000000170. The van der Waals surface area contributed by atoms with Crippen LogP contribution in [0.2, 0.25) is 0 Å². The van der Waals surface area contributed by atoms with Crippen LogP contribution < -0.4 is 66.8 Å². The number of rotatable bonds is 4. The number of aromatic nitrogens is 13. The first-order valence-electron chi connectivity index (χ1n) is 22.6. The Bertz CT molecular complexity index is 4720. The molecule has 79 heavy (non-hydrogen) atoms. The Morgan fingerprint density at radius 1 is 0.532 bits per heavy atom. The number of thiocarbonyl (C=S) groups is 1. The quantitative estimate of drug-likeness (QED) is 0.0684. The summed E-state index contributed by atoms with van der Waals surface area (Å²) in [6.45, 7) is 14.6. The number of aryl methyl sites for hydroxylation is 4. The molecule has 0 fully saturated rings. The fourth-order valence-corrected chi connectivity index (χ4v) is 8.91. The molecule has 10 aromatic rings. The van der Waals surface area contributed by atoms with E-state index in [9.17, 15) is 47.9 Å². The van der Waals surface area contributed by atoms with Gasteiger partial charge in [0.05, 0.1) is 55.3 Å². The summed E-state index contributed by atoms with van der Waals surface area (Å²) in [6, 6.07) is 6.94. The summed E-state index contributed by atoms with van der Waals surface area (Å²) in [4.78, 5) is 139. The van der Waals surface area contributed by atoms with Crippen LogP contribution in [-0.4, -0.2) is 87.3 Å². The SMILES string of the molecule is C.Cc1cc2[nH]c(=O)c(=O)[nH]c2c(-c2nc(=S)[nH][nH]2)c1C.Cc1cc2[nH]c(=O)c(=O)[nH]c2c(-c2nnc(N)s2)c1C.Cc1cc2[nH]c(=O)c(=O)[nH]c2c(C(=O)NNC(N)=S)c1C.Cc1cc2[nH]c(=O)c(=O)[nH]c2c(C(=O)O)c1C. The molecule has 0 radical (unpaired) electrons. The van der Waals surface area contributed by atoms with Crippen molar-refractivity contribution >= 4 is 102 Å². The van der Waals surface area contributed by atoms with Crippen molar-refractivity contribution < 1.29 is 14.7 Å². The van der Waals surface area contributed by atoms with E-state index in [1.54, 1.807) is 39.8 Å². The number of carboxylic acid groups (broad SMARTS) is 1. The van der Waals surface area contributed by atoms with Crippen molar-refractivity contribution in [1.29, 1.82) is 0 Å². The topological polar surface area (TPSA) is 464 Å². The summed E-state index contributed by atoms with van der Waals surface area (Å²) in [6.07, 6.45) is 0. The van der Waals surface area contributed by atoms with Crippen molar-refractivity contribution in [2.75, 3.05) is 5.73 Å². The van der Waals surface area contributed by atoms with Gasteiger partial charge in [0.15, 0.2) is 15.9 Å². The minimum atomic E-state index is -1.14. The molecule has 0 saturated carbocycles. The van der Waals surface area contributed by atoms with Gasteiger partial charge in [-0.3, -0.25) is 64.2 Å². The number of nitrogens with zero attached hydrogens (tertiary/aromatic N) is 3. The fraction of sp³-hybridized carbons (Fsp3) is 0.188. The van der Waals surface area contributed by atoms with Gasteiger partial charge < -0.3 is 56.4 Å². The molecule has 0 bridgehead atoms. The molecule has 0 aliphatic carbocycles. The lowest BCUT2D eigenvalue weighted by molar-refractivity contribution is 0.0697. The maximum absolute atomic E-state index is 12.2. The van der Waals surface area contributed by atoms with Crippen LogP contribution in [0.25, 0.3) is 66.1 Å². The molecular formula is C48H49N17O11S3. The average Bonchev–Trinajstić information content (AvgIpc) is 4.01. The monoisotopic (exact) mass is 1140 g/mol. The van der Waals surface area contributed by atoms with E-state index >= 15 is 0 Å². The molecule has 1 amide bonds. The van der Waals surface area contributed by atoms with Crippen molar-refractivity contribution in [1.82, 2.24) is 76.1 Å². The molecule has 0 aliphatic rings. The van der Waals surface area contributed by atoms with Gasteiger partial charge in [0, 0.05) is 11.1 Å². The van der Waals surface area contributed by atoms with E-state index in [0.717, 1.165) is 38.9 Å². The molecule has 6 aromatic heterocycles. The van der Waals surface area contributed by atoms with Gasteiger partial charge in [-0.05, 0) is 149 Å². The number of amides is 1. The minimum absolute atomic E-state index is 0. The van der Waals surface area contributed by atoms with Crippen molar-refractivity contribution in [3.63, 3.8) is 0 Å². The van der Waals surface area contributed by atoms with Gasteiger partial charge in [-0.1, -0.05) is 18.8 Å². The number of nitrogens with two attached hydrogens (primary N) is 2. The van der Waals surface area contributed by atoms with Crippen LogP contribution in [0, 0.1) is 60.2 Å². The van der Waals surface area contributed by atoms with Crippen LogP contribution in [0.1, 0.15) is 72.7 Å². The number of carbonyl (C=O) groups is 2. The van der Waals surface area contributed by atoms with Crippen molar-refractivity contribution in [2.24, 2.45) is 5.73 Å². The summed E-state index contributed by atoms with van der Waals surface area (Å²) < 4.78 is 0.320. The summed E-state index contributed by atoms with van der Waals surface area (Å²) in [7, 11) is 0. The Kier molecular flexibility index (Phi) is 17.0. The number of hydrogen-bond donors (Lipinski definition) is 15. The van der Waals surface area contributed by atoms with Crippen molar-refractivity contribution in [3.05, 3.63) is 168 Å². The van der Waals surface area contributed by atoms with Gasteiger partial charge >= 0.3 is 50.4 Å². The highest BCUT2D eigenvalue weighted by Crippen LogP contribution is 2.34. The molecule has 0 saturated heterocycles. The highest BCUT2D eigenvalue weighted by atomic mass is 32.1. The van der Waals surface area contributed by atoms with Crippen LogP contribution in [0.4, 0.5) is 5.13 Å². The van der Waals surface area contributed by atoms with E-state index < -0.39 is 56.4 Å². The Labute approximate surface area is 454 Å². The number of benzene rings is 4. The van der Waals surface area contributed by atoms with Crippen LogP contribution in [0.5, 0.6) is 0 Å². The van der Waals surface area contributed by atoms with E-state index in [-0.39, 0.29) is 34.7 Å². The first-order chi connectivity index (χ1) is 36.7. The van der Waals surface area contributed by atoms with Gasteiger partial charge in [-0.15, -0.1) is 10.2 Å². The zero-order chi connectivity index (χ0) is 57.3. The summed E-state index contributed by atoms with van der Waals surface area (Å²) in [5, 5.41) is 23.4. The summed E-state index contributed by atoms with van der Waals surface area (Å²) in [5.74, 6) is -1.15. The van der Waals surface area contributed by atoms with E-state index in [0.29, 0.717) is 70.5 Å². The highest BCUT2D eigenvalue weighted by Gasteiger charge is 2.20. The second kappa shape index (κ2) is 23.1. The predicted molar refractivity (Wildman–Crippen MR) is 306 cm³/mol. The maximum Gasteiger partial charge on any atom is 0.338 e. The zero-order valence-corrected chi connectivity index (χ0v) is 44.5. The van der Waals surface area contributed by atoms with Crippen LogP contribution in [0.3, 0.4) is 0 Å². The van der Waals surface area contributed by atoms with E-state index in [4.69, 9.17) is 28.8 Å². The summed E-state index contributed by atoms with van der Waals surface area (Å²) >= 11 is 10.8. The third-order valence-corrected chi connectivity index (χ3v) is 13.4. The number of carbonyl (C=O) groups excluding carboxylic acids is 1. The molecule has 31 heteroatoms.